The maximum Gasteiger partial charge on any atom is 0.369 e. The predicted molar refractivity (Wildman–Crippen MR) is 26.5 cm³/mol. The Bertz CT molecular complexity index is 78.9. The molecule has 1 aliphatic rings. The fraction of sp³-hybridized carbons (Fsp3) is 0.500. The molecular formula is C2H6BN3. The summed E-state index contributed by atoms with van der Waals surface area (Å²) in [6.07, 6.45) is 0. The van der Waals surface area contributed by atoms with Gasteiger partial charge in [-0.3, -0.25) is 0 Å². The SMILES string of the molecule is CC1=NNBN1. The molecule has 1 aliphatic heterocycles. The number of hydrogen-bond acceptors (Lipinski definition) is 3. The molecule has 0 fully saturated rings. The second-order valence-electron chi connectivity index (χ2n) is 1.21. The highest BCUT2D eigenvalue weighted by Crippen LogP contribution is 1.69. The summed E-state index contributed by atoms with van der Waals surface area (Å²) in [6.45, 7) is 1.92. The Morgan fingerprint density at radius 1 is 1.83 bits per heavy atom. The number of rotatable bonds is 0. The van der Waals surface area contributed by atoms with Gasteiger partial charge in [0.05, 0.1) is 0 Å². The molecular weight excluding hydrogens is 76.9 g/mol. The maximum atomic E-state index is 3.79. The lowest BCUT2D eigenvalue weighted by Crippen LogP contribution is -2.22. The lowest BCUT2D eigenvalue weighted by molar-refractivity contribution is 1.10. The molecule has 1 heterocycles. The van der Waals surface area contributed by atoms with Crippen molar-refractivity contribution in [3.63, 3.8) is 0 Å². The van der Waals surface area contributed by atoms with E-state index in [9.17, 15) is 0 Å². The van der Waals surface area contributed by atoms with E-state index in [4.69, 9.17) is 0 Å². The zero-order valence-electron chi connectivity index (χ0n) is 3.65. The van der Waals surface area contributed by atoms with Crippen molar-refractivity contribution in [2.24, 2.45) is 5.10 Å². The summed E-state index contributed by atoms with van der Waals surface area (Å²) in [7, 11) is 0.784. The lowest BCUT2D eigenvalue weighted by atomic mass is 10.2. The molecule has 32 valence electrons. The third-order valence-electron chi connectivity index (χ3n) is 0.670. The zero-order valence-corrected chi connectivity index (χ0v) is 3.65. The molecule has 4 heteroatoms. The first-order valence-corrected chi connectivity index (χ1v) is 1.90. The standard InChI is InChI=1S/C2H6BN3/c1-2-4-3-6-5-2/h3,6H,1H3,(H,4,5). The molecule has 0 aromatic heterocycles. The molecule has 0 spiro atoms. The largest absolute Gasteiger partial charge is 0.399 e. The first-order valence-electron chi connectivity index (χ1n) is 1.90. The van der Waals surface area contributed by atoms with Crippen LogP contribution < -0.4 is 10.6 Å². The highest BCUT2D eigenvalue weighted by atomic mass is 15.3. The predicted octanol–water partition coefficient (Wildman–Crippen LogP) is -1.22. The second-order valence-corrected chi connectivity index (χ2v) is 1.21. The third kappa shape index (κ3) is 0.453. The lowest BCUT2D eigenvalue weighted by Gasteiger charge is -1.81. The third-order valence-corrected chi connectivity index (χ3v) is 0.670. The molecule has 0 aromatic rings. The van der Waals surface area contributed by atoms with E-state index < -0.39 is 0 Å². The maximum absolute atomic E-state index is 3.79. The van der Waals surface area contributed by atoms with Crippen molar-refractivity contribution in [2.75, 3.05) is 0 Å². The van der Waals surface area contributed by atoms with Gasteiger partial charge in [-0.1, -0.05) is 0 Å². The molecule has 6 heavy (non-hydrogen) atoms. The van der Waals surface area contributed by atoms with Crippen LogP contribution in [0.5, 0.6) is 0 Å². The van der Waals surface area contributed by atoms with E-state index in [1.54, 1.807) is 0 Å². The van der Waals surface area contributed by atoms with Crippen molar-refractivity contribution in [3.05, 3.63) is 0 Å². The average molecular weight is 82.9 g/mol. The van der Waals surface area contributed by atoms with E-state index in [2.05, 4.69) is 15.7 Å². The van der Waals surface area contributed by atoms with Crippen LogP contribution in [0.2, 0.25) is 0 Å². The van der Waals surface area contributed by atoms with E-state index in [1.165, 1.54) is 0 Å². The fourth-order valence-electron chi connectivity index (χ4n) is 0.365. The Labute approximate surface area is 37.1 Å². The molecule has 0 saturated heterocycles. The highest BCUT2D eigenvalue weighted by molar-refractivity contribution is 6.36. The first-order chi connectivity index (χ1) is 2.89. The van der Waals surface area contributed by atoms with Gasteiger partial charge in [-0.25, -0.2) is 0 Å². The minimum absolute atomic E-state index is 0.784. The minimum Gasteiger partial charge on any atom is -0.399 e. The van der Waals surface area contributed by atoms with Crippen molar-refractivity contribution in [1.82, 2.24) is 10.6 Å². The zero-order chi connectivity index (χ0) is 4.41. The molecule has 0 radical (unpaired) electrons. The van der Waals surface area contributed by atoms with Crippen LogP contribution in [0.25, 0.3) is 0 Å². The van der Waals surface area contributed by atoms with Crippen LogP contribution in [-0.4, -0.2) is 13.4 Å². The highest BCUT2D eigenvalue weighted by Gasteiger charge is 1.95. The number of hydrogen-bond donors (Lipinski definition) is 2. The topological polar surface area (TPSA) is 36.4 Å². The monoisotopic (exact) mass is 83.1 g/mol. The van der Waals surface area contributed by atoms with Crippen LogP contribution in [0.1, 0.15) is 6.92 Å². The average Bonchev–Trinajstić information content (AvgIpc) is 1.86. The van der Waals surface area contributed by atoms with Crippen LogP contribution in [0.4, 0.5) is 0 Å². The van der Waals surface area contributed by atoms with E-state index in [0.717, 1.165) is 13.4 Å². The van der Waals surface area contributed by atoms with Gasteiger partial charge < -0.3 is 10.6 Å². The summed E-state index contributed by atoms with van der Waals surface area (Å²) < 4.78 is 0. The molecule has 2 N–H and O–H groups in total. The summed E-state index contributed by atoms with van der Waals surface area (Å²) in [6, 6.07) is 0. The molecule has 0 unspecified atom stereocenters. The summed E-state index contributed by atoms with van der Waals surface area (Å²) in [5, 5.41) is 9.50. The van der Waals surface area contributed by atoms with Crippen LogP contribution in [0.3, 0.4) is 0 Å². The number of amidine groups is 1. The molecule has 0 bridgehead atoms. The van der Waals surface area contributed by atoms with Gasteiger partial charge in [0.2, 0.25) is 0 Å². The van der Waals surface area contributed by atoms with Gasteiger partial charge in [-0.2, -0.15) is 5.10 Å². The quantitative estimate of drug-likeness (QED) is 0.360. The summed E-state index contributed by atoms with van der Waals surface area (Å²) in [5.41, 5.74) is 0. The Morgan fingerprint density at radius 2 is 2.67 bits per heavy atom. The Balaban J connectivity index is 2.45. The van der Waals surface area contributed by atoms with Crippen LogP contribution >= 0.6 is 0 Å². The number of nitrogens with one attached hydrogen (secondary N) is 2. The molecule has 0 aromatic carbocycles. The van der Waals surface area contributed by atoms with Crippen molar-refractivity contribution in [1.29, 1.82) is 0 Å². The molecule has 1 rings (SSSR count). The fourth-order valence-corrected chi connectivity index (χ4v) is 0.365. The van der Waals surface area contributed by atoms with Crippen molar-refractivity contribution < 1.29 is 0 Å². The summed E-state index contributed by atoms with van der Waals surface area (Å²) in [5.74, 6) is 0.968. The molecule has 3 nitrogen and oxygen atoms in total. The van der Waals surface area contributed by atoms with E-state index in [-0.39, 0.29) is 0 Å². The molecule has 0 atom stereocenters. The van der Waals surface area contributed by atoms with Crippen molar-refractivity contribution in [3.8, 4) is 0 Å². The van der Waals surface area contributed by atoms with Gasteiger partial charge in [0.1, 0.15) is 5.84 Å². The Hall–Kier alpha value is -0.665. The van der Waals surface area contributed by atoms with E-state index >= 15 is 0 Å². The smallest absolute Gasteiger partial charge is 0.369 e. The van der Waals surface area contributed by atoms with Gasteiger partial charge in [0.25, 0.3) is 0 Å². The van der Waals surface area contributed by atoms with Gasteiger partial charge in [-0.05, 0) is 6.92 Å². The molecule has 0 saturated carbocycles. The number of nitrogens with zero attached hydrogens (tertiary/aromatic N) is 1. The number of hydrazone groups is 1. The summed E-state index contributed by atoms with van der Waals surface area (Å²) in [4.78, 5) is 0. The molecule has 0 aliphatic carbocycles. The van der Waals surface area contributed by atoms with Crippen molar-refractivity contribution in [2.45, 2.75) is 6.92 Å². The summed E-state index contributed by atoms with van der Waals surface area (Å²) >= 11 is 0. The first kappa shape index (κ1) is 3.52. The second kappa shape index (κ2) is 1.20. The van der Waals surface area contributed by atoms with Crippen LogP contribution in [-0.2, 0) is 0 Å². The van der Waals surface area contributed by atoms with Gasteiger partial charge >= 0.3 is 7.55 Å². The molecule has 0 amide bonds. The van der Waals surface area contributed by atoms with Crippen LogP contribution in [0.15, 0.2) is 5.10 Å². The van der Waals surface area contributed by atoms with Gasteiger partial charge in [0.15, 0.2) is 0 Å². The van der Waals surface area contributed by atoms with Crippen LogP contribution in [0, 0.1) is 0 Å². The Morgan fingerprint density at radius 3 is 2.83 bits per heavy atom. The minimum atomic E-state index is 0.784. The van der Waals surface area contributed by atoms with Gasteiger partial charge in [0, 0.05) is 0 Å². The van der Waals surface area contributed by atoms with E-state index in [1.807, 2.05) is 6.92 Å². The Kier molecular flexibility index (Phi) is 0.705. The van der Waals surface area contributed by atoms with E-state index in [0.29, 0.717) is 0 Å². The van der Waals surface area contributed by atoms with Gasteiger partial charge in [-0.15, -0.1) is 0 Å². The van der Waals surface area contributed by atoms with Crippen molar-refractivity contribution >= 4 is 13.4 Å². The normalized spacial score (nSPS) is 17.2.